The SMILES string of the molecule is O=C1c2c(c3c4c(n(CC5CO5)c3c3c2=C2C=CC=CC2N3)=CC=CC4)C(=O)N1Cc1ccccc1. The number of rotatable bonds is 4. The van der Waals surface area contributed by atoms with E-state index in [1.807, 2.05) is 42.5 Å². The first-order chi connectivity index (χ1) is 17.7. The van der Waals surface area contributed by atoms with Crippen molar-refractivity contribution in [3.8, 4) is 0 Å². The molecule has 2 amide bonds. The molecule has 3 aromatic rings. The largest absolute Gasteiger partial charge is 0.372 e. The zero-order chi connectivity index (χ0) is 24.0. The number of amides is 2. The number of nitrogens with one attached hydrogen (secondary N) is 1. The van der Waals surface area contributed by atoms with E-state index in [0.717, 1.165) is 63.4 Å². The number of allylic oxidation sites excluding steroid dienone is 4. The number of aromatic nitrogens is 1. The van der Waals surface area contributed by atoms with Gasteiger partial charge in [-0.05, 0) is 29.2 Å². The van der Waals surface area contributed by atoms with Gasteiger partial charge in [-0.3, -0.25) is 14.5 Å². The first-order valence-electron chi connectivity index (χ1n) is 12.5. The van der Waals surface area contributed by atoms with Gasteiger partial charge in [-0.1, -0.05) is 66.8 Å². The Bertz CT molecular complexity index is 1740. The second-order valence-electron chi connectivity index (χ2n) is 9.96. The van der Waals surface area contributed by atoms with Crippen LogP contribution in [-0.2, 0) is 24.2 Å². The molecule has 1 saturated heterocycles. The van der Waals surface area contributed by atoms with Crippen LogP contribution < -0.4 is 15.9 Å². The summed E-state index contributed by atoms with van der Waals surface area (Å²) in [6.07, 6.45) is 15.4. The molecular weight excluding hydrogens is 450 g/mol. The van der Waals surface area contributed by atoms with Gasteiger partial charge in [0.2, 0.25) is 0 Å². The molecule has 0 radical (unpaired) electrons. The third-order valence-electron chi connectivity index (χ3n) is 7.86. The molecule has 6 nitrogen and oxygen atoms in total. The summed E-state index contributed by atoms with van der Waals surface area (Å²) in [5.74, 6) is -0.416. The van der Waals surface area contributed by atoms with E-state index in [1.54, 1.807) is 0 Å². The standard InChI is InChI=1S/C30H23N3O3/c34-29-25-23-19-10-4-6-12-21(19)31-27(23)28-24(20-11-5-7-13-22(20)32(28)15-18-16-36-18)26(25)30(35)33(29)14-17-8-2-1-3-9-17/h1-10,12-13,18,21,31H,11,14-16H2. The molecule has 3 aliphatic heterocycles. The van der Waals surface area contributed by atoms with Crippen molar-refractivity contribution in [1.82, 2.24) is 9.47 Å². The minimum atomic E-state index is -0.211. The molecule has 6 heteroatoms. The van der Waals surface area contributed by atoms with Crippen molar-refractivity contribution in [1.29, 1.82) is 0 Å². The van der Waals surface area contributed by atoms with E-state index in [4.69, 9.17) is 4.74 Å². The molecule has 0 saturated carbocycles. The third kappa shape index (κ3) is 2.65. The Balaban J connectivity index is 1.47. The Morgan fingerprint density at radius 3 is 2.69 bits per heavy atom. The monoisotopic (exact) mass is 473 g/mol. The van der Waals surface area contributed by atoms with Crippen LogP contribution in [0.25, 0.3) is 22.6 Å². The van der Waals surface area contributed by atoms with Gasteiger partial charge in [-0.25, -0.2) is 0 Å². The average molecular weight is 474 g/mol. The summed E-state index contributed by atoms with van der Waals surface area (Å²) in [7, 11) is 0. The lowest BCUT2D eigenvalue weighted by Gasteiger charge is -2.14. The van der Waals surface area contributed by atoms with E-state index >= 15 is 0 Å². The van der Waals surface area contributed by atoms with Gasteiger partial charge in [0.05, 0.1) is 54.2 Å². The van der Waals surface area contributed by atoms with Crippen LogP contribution >= 0.6 is 0 Å². The first-order valence-corrected chi connectivity index (χ1v) is 12.5. The molecule has 2 unspecified atom stereocenters. The van der Waals surface area contributed by atoms with Gasteiger partial charge in [-0.2, -0.15) is 0 Å². The second-order valence-corrected chi connectivity index (χ2v) is 9.96. The summed E-state index contributed by atoms with van der Waals surface area (Å²) in [6.45, 7) is 1.74. The average Bonchev–Trinajstić information content (AvgIpc) is 3.50. The fourth-order valence-electron chi connectivity index (χ4n) is 6.21. The highest BCUT2D eigenvalue weighted by molar-refractivity contribution is 6.29. The van der Waals surface area contributed by atoms with Gasteiger partial charge in [0.1, 0.15) is 0 Å². The normalized spacial score (nSPS) is 22.4. The number of carbonyl (C=O) groups excluding carboxylic acids is 2. The highest BCUT2D eigenvalue weighted by Crippen LogP contribution is 2.39. The molecule has 1 N–H and O–H groups in total. The highest BCUT2D eigenvalue weighted by Gasteiger charge is 2.43. The molecule has 36 heavy (non-hydrogen) atoms. The molecule has 8 rings (SSSR count). The molecule has 2 aliphatic carbocycles. The zero-order valence-corrected chi connectivity index (χ0v) is 19.5. The summed E-state index contributed by atoms with van der Waals surface area (Å²) >= 11 is 0. The van der Waals surface area contributed by atoms with E-state index in [9.17, 15) is 9.59 Å². The molecule has 2 aromatic carbocycles. The summed E-state index contributed by atoms with van der Waals surface area (Å²) in [4.78, 5) is 29.5. The number of epoxide rings is 1. The van der Waals surface area contributed by atoms with E-state index in [2.05, 4.69) is 40.3 Å². The molecule has 5 aliphatic rings. The van der Waals surface area contributed by atoms with E-state index < -0.39 is 0 Å². The van der Waals surface area contributed by atoms with Crippen molar-refractivity contribution in [2.24, 2.45) is 0 Å². The number of fused-ring (bicyclic) bond motifs is 9. The predicted molar refractivity (Wildman–Crippen MR) is 138 cm³/mol. The smallest absolute Gasteiger partial charge is 0.262 e. The molecule has 176 valence electrons. The molecule has 1 aromatic heterocycles. The van der Waals surface area contributed by atoms with Crippen LogP contribution in [0.1, 0.15) is 31.8 Å². The minimum Gasteiger partial charge on any atom is -0.372 e. The van der Waals surface area contributed by atoms with Crippen molar-refractivity contribution in [3.05, 3.63) is 99.6 Å². The summed E-state index contributed by atoms with van der Waals surface area (Å²) in [5.41, 5.74) is 6.15. The Hall–Kier alpha value is -4.16. The number of anilines is 1. The van der Waals surface area contributed by atoms with Crippen molar-refractivity contribution in [2.45, 2.75) is 31.7 Å². The summed E-state index contributed by atoms with van der Waals surface area (Å²) in [5, 5.41) is 6.59. The van der Waals surface area contributed by atoms with Crippen LogP contribution in [0.5, 0.6) is 0 Å². The lowest BCUT2D eigenvalue weighted by molar-refractivity contribution is 0.0642. The molecule has 1 fully saturated rings. The molecular formula is C30H23N3O3. The predicted octanol–water partition coefficient (Wildman–Crippen LogP) is 2.80. The van der Waals surface area contributed by atoms with Gasteiger partial charge in [0.25, 0.3) is 11.8 Å². The minimum absolute atomic E-state index is 0.0227. The molecule has 4 heterocycles. The summed E-state index contributed by atoms with van der Waals surface area (Å²) < 4.78 is 7.93. The molecule has 2 atom stereocenters. The number of hydrogen-bond donors (Lipinski definition) is 1. The zero-order valence-electron chi connectivity index (χ0n) is 19.5. The maximum atomic E-state index is 14.1. The van der Waals surface area contributed by atoms with Crippen LogP contribution in [0.2, 0.25) is 0 Å². The Morgan fingerprint density at radius 1 is 1.03 bits per heavy atom. The van der Waals surface area contributed by atoms with Gasteiger partial charge in [-0.15, -0.1) is 0 Å². The first kappa shape index (κ1) is 20.1. The van der Waals surface area contributed by atoms with Crippen LogP contribution in [0.4, 0.5) is 5.69 Å². The van der Waals surface area contributed by atoms with Crippen molar-refractivity contribution < 1.29 is 14.3 Å². The maximum absolute atomic E-state index is 14.1. The highest BCUT2D eigenvalue weighted by atomic mass is 16.6. The number of ether oxygens (including phenoxy) is 1. The van der Waals surface area contributed by atoms with E-state index in [-0.39, 0.29) is 30.5 Å². The number of hydrogen-bond acceptors (Lipinski definition) is 4. The van der Waals surface area contributed by atoms with Gasteiger partial charge in [0.15, 0.2) is 0 Å². The van der Waals surface area contributed by atoms with Crippen LogP contribution in [-0.4, -0.2) is 40.0 Å². The lowest BCUT2D eigenvalue weighted by atomic mass is 9.94. The van der Waals surface area contributed by atoms with Crippen LogP contribution in [0, 0.1) is 0 Å². The Morgan fingerprint density at radius 2 is 1.86 bits per heavy atom. The van der Waals surface area contributed by atoms with Gasteiger partial charge >= 0.3 is 0 Å². The molecule has 0 bridgehead atoms. The fourth-order valence-corrected chi connectivity index (χ4v) is 6.21. The van der Waals surface area contributed by atoms with Gasteiger partial charge in [0, 0.05) is 16.0 Å². The number of carbonyl (C=O) groups is 2. The van der Waals surface area contributed by atoms with Gasteiger partial charge < -0.3 is 14.6 Å². The van der Waals surface area contributed by atoms with Crippen LogP contribution in [0.3, 0.4) is 0 Å². The van der Waals surface area contributed by atoms with Crippen LogP contribution in [0.15, 0.2) is 66.8 Å². The molecule has 0 spiro atoms. The Labute approximate surface area is 207 Å². The fraction of sp³-hybridized carbons (Fsp3) is 0.200. The number of benzene rings is 2. The van der Waals surface area contributed by atoms with Crippen molar-refractivity contribution >= 4 is 40.1 Å². The summed E-state index contributed by atoms with van der Waals surface area (Å²) in [6, 6.07) is 9.70. The number of nitrogens with zero attached hydrogens (tertiary/aromatic N) is 2. The lowest BCUT2D eigenvalue weighted by Crippen LogP contribution is -2.30. The number of imide groups is 1. The van der Waals surface area contributed by atoms with Crippen molar-refractivity contribution in [3.63, 3.8) is 0 Å². The topological polar surface area (TPSA) is 66.9 Å². The van der Waals surface area contributed by atoms with E-state index in [1.165, 1.54) is 4.90 Å². The third-order valence-corrected chi connectivity index (χ3v) is 7.86. The van der Waals surface area contributed by atoms with E-state index in [0.29, 0.717) is 11.1 Å². The maximum Gasteiger partial charge on any atom is 0.262 e. The second kappa shape index (κ2) is 7.18. The Kier molecular flexibility index (Phi) is 4.00. The quantitative estimate of drug-likeness (QED) is 0.468. The van der Waals surface area contributed by atoms with Crippen molar-refractivity contribution in [2.75, 3.05) is 11.9 Å².